The average Bonchev–Trinajstić information content (AvgIpc) is 3.25. The number of aryl methyl sites for hydroxylation is 1. The highest BCUT2D eigenvalue weighted by atomic mass is 79.9. The van der Waals surface area contributed by atoms with Crippen molar-refractivity contribution in [1.29, 1.82) is 0 Å². The Morgan fingerprint density at radius 2 is 1.97 bits per heavy atom. The van der Waals surface area contributed by atoms with Crippen LogP contribution in [0.1, 0.15) is 21.7 Å². The van der Waals surface area contributed by atoms with Crippen LogP contribution in [-0.2, 0) is 4.79 Å². The van der Waals surface area contributed by atoms with Crippen LogP contribution in [0, 0.1) is 6.92 Å². The Labute approximate surface area is 189 Å². The van der Waals surface area contributed by atoms with Crippen molar-refractivity contribution < 1.29 is 23.5 Å². The highest BCUT2D eigenvalue weighted by Gasteiger charge is 2.17. The molecule has 0 radical (unpaired) electrons. The number of hydrazone groups is 1. The summed E-state index contributed by atoms with van der Waals surface area (Å²) in [6, 6.07) is 13.9. The van der Waals surface area contributed by atoms with Gasteiger partial charge >= 0.3 is 5.97 Å². The first-order valence-electron chi connectivity index (χ1n) is 8.69. The number of benzene rings is 2. The lowest BCUT2D eigenvalue weighted by molar-refractivity contribution is -0.123. The van der Waals surface area contributed by atoms with Gasteiger partial charge in [0.05, 0.1) is 17.0 Å². The molecule has 0 bridgehead atoms. The first-order chi connectivity index (χ1) is 14.4. The van der Waals surface area contributed by atoms with Gasteiger partial charge in [-0.05, 0) is 58.7 Å². The van der Waals surface area contributed by atoms with Gasteiger partial charge in [-0.3, -0.25) is 4.79 Å². The molecule has 0 unspecified atom stereocenters. The molecule has 3 rings (SSSR count). The lowest BCUT2D eigenvalue weighted by atomic mass is 10.2. The highest BCUT2D eigenvalue weighted by molar-refractivity contribution is 9.11. The Morgan fingerprint density at radius 3 is 2.70 bits per heavy atom. The summed E-state index contributed by atoms with van der Waals surface area (Å²) >= 11 is 6.73. The third-order valence-corrected chi connectivity index (χ3v) is 4.85. The minimum absolute atomic E-state index is 0.0642. The SMILES string of the molecule is Cc1ccccc1OCC(=O)N/N=C\c1cc(Br)cc(Br)c1OC(=O)c1ccco1. The van der Waals surface area contributed by atoms with Crippen molar-refractivity contribution in [1.82, 2.24) is 5.43 Å². The zero-order valence-corrected chi connectivity index (χ0v) is 18.9. The molecule has 0 atom stereocenters. The van der Waals surface area contributed by atoms with Crippen molar-refractivity contribution in [2.75, 3.05) is 6.61 Å². The van der Waals surface area contributed by atoms with Gasteiger partial charge in [0, 0.05) is 10.0 Å². The van der Waals surface area contributed by atoms with Gasteiger partial charge in [-0.1, -0.05) is 34.1 Å². The van der Waals surface area contributed by atoms with E-state index in [9.17, 15) is 9.59 Å². The fraction of sp³-hybridized carbons (Fsp3) is 0.0952. The lowest BCUT2D eigenvalue weighted by Gasteiger charge is -2.10. The third-order valence-electron chi connectivity index (χ3n) is 3.80. The molecule has 0 aliphatic rings. The smallest absolute Gasteiger partial charge is 0.379 e. The Morgan fingerprint density at radius 1 is 1.17 bits per heavy atom. The molecule has 9 heteroatoms. The quantitative estimate of drug-likeness (QED) is 0.202. The van der Waals surface area contributed by atoms with E-state index in [0.29, 0.717) is 15.8 Å². The molecule has 0 saturated heterocycles. The maximum atomic E-state index is 12.2. The van der Waals surface area contributed by atoms with Crippen LogP contribution in [0.15, 0.2) is 73.3 Å². The minimum atomic E-state index is -0.659. The summed E-state index contributed by atoms with van der Waals surface area (Å²) in [7, 11) is 0. The van der Waals surface area contributed by atoms with Crippen molar-refractivity contribution in [2.45, 2.75) is 6.92 Å². The van der Waals surface area contributed by atoms with Crippen LogP contribution in [-0.4, -0.2) is 24.7 Å². The van der Waals surface area contributed by atoms with Gasteiger partial charge in [0.25, 0.3) is 5.91 Å². The number of nitrogens with zero attached hydrogens (tertiary/aromatic N) is 1. The topological polar surface area (TPSA) is 90.1 Å². The molecule has 0 saturated carbocycles. The van der Waals surface area contributed by atoms with E-state index in [-0.39, 0.29) is 18.1 Å². The van der Waals surface area contributed by atoms with Crippen LogP contribution < -0.4 is 14.9 Å². The summed E-state index contributed by atoms with van der Waals surface area (Å²) in [4.78, 5) is 24.2. The average molecular weight is 536 g/mol. The van der Waals surface area contributed by atoms with Gasteiger partial charge in [-0.25, -0.2) is 10.2 Å². The van der Waals surface area contributed by atoms with E-state index >= 15 is 0 Å². The highest BCUT2D eigenvalue weighted by Crippen LogP contribution is 2.32. The Balaban J connectivity index is 1.66. The number of nitrogens with one attached hydrogen (secondary N) is 1. The van der Waals surface area contributed by atoms with Crippen molar-refractivity contribution >= 4 is 50.0 Å². The largest absolute Gasteiger partial charge is 0.483 e. The minimum Gasteiger partial charge on any atom is -0.483 e. The molecule has 1 amide bonds. The van der Waals surface area contributed by atoms with Gasteiger partial charge in [0.1, 0.15) is 5.75 Å². The number of halogens is 2. The fourth-order valence-corrected chi connectivity index (χ4v) is 3.73. The normalized spacial score (nSPS) is 10.8. The van der Waals surface area contributed by atoms with Gasteiger partial charge in [-0.2, -0.15) is 5.10 Å². The van der Waals surface area contributed by atoms with Crippen LogP contribution in [0.3, 0.4) is 0 Å². The van der Waals surface area contributed by atoms with Crippen molar-refractivity contribution in [3.05, 3.63) is 80.6 Å². The molecule has 154 valence electrons. The van der Waals surface area contributed by atoms with E-state index in [2.05, 4.69) is 42.4 Å². The molecular formula is C21H16Br2N2O5. The Hall–Kier alpha value is -2.91. The zero-order chi connectivity index (χ0) is 21.5. The molecule has 0 aliphatic heterocycles. The van der Waals surface area contributed by atoms with Crippen LogP contribution in [0.2, 0.25) is 0 Å². The number of rotatable bonds is 7. The van der Waals surface area contributed by atoms with E-state index in [1.165, 1.54) is 18.5 Å². The number of esters is 1. The van der Waals surface area contributed by atoms with E-state index in [0.717, 1.165) is 10.0 Å². The molecule has 7 nitrogen and oxygen atoms in total. The number of furan rings is 1. The number of amides is 1. The van der Waals surface area contributed by atoms with Crippen molar-refractivity contribution in [3.8, 4) is 11.5 Å². The predicted octanol–water partition coefficient (Wildman–Crippen LogP) is 4.86. The standard InChI is InChI=1S/C21H16Br2N2O5/c1-13-5-2-3-6-17(13)29-12-19(26)25-24-11-14-9-15(22)10-16(23)20(14)30-21(27)18-7-4-8-28-18/h2-11H,12H2,1H3,(H,25,26)/b24-11-. The molecule has 3 aromatic rings. The van der Waals surface area contributed by atoms with Gasteiger partial charge in [-0.15, -0.1) is 0 Å². The van der Waals surface area contributed by atoms with Crippen LogP contribution >= 0.6 is 31.9 Å². The second kappa shape index (κ2) is 10.2. The summed E-state index contributed by atoms with van der Waals surface area (Å²) < 4.78 is 17.2. The Kier molecular flexibility index (Phi) is 7.42. The first-order valence-corrected chi connectivity index (χ1v) is 10.3. The molecule has 0 spiro atoms. The summed E-state index contributed by atoms with van der Waals surface area (Å²) in [6.45, 7) is 1.70. The number of carbonyl (C=O) groups excluding carboxylic acids is 2. The number of carbonyl (C=O) groups is 2. The summed E-state index contributed by atoms with van der Waals surface area (Å²) in [6.07, 6.45) is 2.75. The summed E-state index contributed by atoms with van der Waals surface area (Å²) in [5.74, 6) is -0.172. The summed E-state index contributed by atoms with van der Waals surface area (Å²) in [5, 5.41) is 3.93. The van der Waals surface area contributed by atoms with E-state index in [4.69, 9.17) is 13.9 Å². The third kappa shape index (κ3) is 5.80. The predicted molar refractivity (Wildman–Crippen MR) is 118 cm³/mol. The van der Waals surface area contributed by atoms with Crippen molar-refractivity contribution in [2.24, 2.45) is 5.10 Å². The van der Waals surface area contributed by atoms with Crippen molar-refractivity contribution in [3.63, 3.8) is 0 Å². The maximum Gasteiger partial charge on any atom is 0.379 e. The molecule has 0 fully saturated rings. The van der Waals surface area contributed by atoms with Gasteiger partial charge < -0.3 is 13.9 Å². The molecule has 30 heavy (non-hydrogen) atoms. The Bertz CT molecular complexity index is 1080. The summed E-state index contributed by atoms with van der Waals surface area (Å²) in [5.41, 5.74) is 3.77. The zero-order valence-electron chi connectivity index (χ0n) is 15.7. The molecular weight excluding hydrogens is 520 g/mol. The lowest BCUT2D eigenvalue weighted by Crippen LogP contribution is -2.24. The van der Waals surface area contributed by atoms with Gasteiger partial charge in [0.2, 0.25) is 5.76 Å². The van der Waals surface area contributed by atoms with E-state index < -0.39 is 11.9 Å². The fourth-order valence-electron chi connectivity index (χ4n) is 2.39. The first kappa shape index (κ1) is 21.8. The second-order valence-corrected chi connectivity index (χ2v) is 7.79. The molecule has 1 N–H and O–H groups in total. The molecule has 2 aromatic carbocycles. The van der Waals surface area contributed by atoms with Crippen LogP contribution in [0.5, 0.6) is 11.5 Å². The number of para-hydroxylation sites is 1. The number of hydrogen-bond acceptors (Lipinski definition) is 6. The molecule has 1 heterocycles. The number of hydrogen-bond donors (Lipinski definition) is 1. The monoisotopic (exact) mass is 534 g/mol. The van der Waals surface area contributed by atoms with Crippen LogP contribution in [0.25, 0.3) is 0 Å². The molecule has 1 aromatic heterocycles. The van der Waals surface area contributed by atoms with Crippen LogP contribution in [0.4, 0.5) is 0 Å². The molecule has 0 aliphatic carbocycles. The second-order valence-electron chi connectivity index (χ2n) is 6.02. The van der Waals surface area contributed by atoms with E-state index in [1.54, 1.807) is 24.3 Å². The van der Waals surface area contributed by atoms with Gasteiger partial charge in [0.15, 0.2) is 12.4 Å². The van der Waals surface area contributed by atoms with E-state index in [1.807, 2.05) is 25.1 Å². The number of ether oxygens (including phenoxy) is 2. The maximum absolute atomic E-state index is 12.2.